The molecule has 0 aliphatic rings. The Balaban J connectivity index is 2.74. The number of benzene rings is 1. The van der Waals surface area contributed by atoms with Crippen molar-refractivity contribution in [2.45, 2.75) is 33.1 Å². The number of ketones is 1. The van der Waals surface area contributed by atoms with Crippen molar-refractivity contribution in [1.82, 2.24) is 0 Å². The molecule has 0 heterocycles. The van der Waals surface area contributed by atoms with Crippen LogP contribution in [0.3, 0.4) is 0 Å². The minimum absolute atomic E-state index is 0.0179. The van der Waals surface area contributed by atoms with Crippen LogP contribution in [0.2, 0.25) is 0 Å². The van der Waals surface area contributed by atoms with Crippen molar-refractivity contribution < 1.29 is 14.3 Å². The lowest BCUT2D eigenvalue weighted by Gasteiger charge is -2.10. The van der Waals surface area contributed by atoms with Crippen LogP contribution in [0.15, 0.2) is 24.3 Å². The second-order valence-electron chi connectivity index (χ2n) is 4.82. The summed E-state index contributed by atoms with van der Waals surface area (Å²) in [6.07, 6.45) is 0.126. The van der Waals surface area contributed by atoms with Crippen LogP contribution in [-0.2, 0) is 9.53 Å². The van der Waals surface area contributed by atoms with Crippen molar-refractivity contribution in [2.75, 3.05) is 7.11 Å². The highest BCUT2D eigenvalue weighted by Crippen LogP contribution is 2.18. The average Bonchev–Trinajstić information content (AvgIpc) is 2.37. The van der Waals surface area contributed by atoms with Crippen molar-refractivity contribution in [3.05, 3.63) is 35.4 Å². The van der Waals surface area contributed by atoms with Gasteiger partial charge in [0.15, 0.2) is 5.78 Å². The number of hydrogen-bond donors (Lipinski definition) is 0. The fourth-order valence-corrected chi connectivity index (χ4v) is 1.74. The van der Waals surface area contributed by atoms with E-state index in [1.165, 1.54) is 12.7 Å². The number of esters is 1. The van der Waals surface area contributed by atoms with E-state index < -0.39 is 0 Å². The monoisotopic (exact) mass is 248 g/mol. The molecule has 0 fully saturated rings. The minimum atomic E-state index is -0.352. The van der Waals surface area contributed by atoms with Crippen LogP contribution in [0.25, 0.3) is 0 Å². The molecule has 1 rings (SSSR count). The van der Waals surface area contributed by atoms with Gasteiger partial charge < -0.3 is 4.74 Å². The van der Waals surface area contributed by atoms with Gasteiger partial charge >= 0.3 is 5.97 Å². The van der Waals surface area contributed by atoms with E-state index in [0.29, 0.717) is 11.5 Å². The summed E-state index contributed by atoms with van der Waals surface area (Å²) in [5.74, 6) is -0.269. The molecule has 3 nitrogen and oxygen atoms in total. The summed E-state index contributed by atoms with van der Waals surface area (Å²) in [6.45, 7) is 5.96. The SMILES string of the molecule is COC(=O)CC(C)C(=O)c1ccc(C(C)C)cc1. The lowest BCUT2D eigenvalue weighted by atomic mass is 9.94. The smallest absolute Gasteiger partial charge is 0.306 e. The molecule has 0 saturated carbocycles. The van der Waals surface area contributed by atoms with Crippen molar-refractivity contribution in [1.29, 1.82) is 0 Å². The molecule has 0 radical (unpaired) electrons. The number of ether oxygens (including phenoxy) is 1. The van der Waals surface area contributed by atoms with E-state index in [9.17, 15) is 9.59 Å². The first-order valence-corrected chi connectivity index (χ1v) is 6.16. The van der Waals surface area contributed by atoms with Crippen molar-refractivity contribution >= 4 is 11.8 Å². The molecule has 0 amide bonds. The summed E-state index contributed by atoms with van der Waals surface area (Å²) in [6, 6.07) is 7.57. The maximum atomic E-state index is 12.1. The summed E-state index contributed by atoms with van der Waals surface area (Å²) in [5.41, 5.74) is 1.85. The summed E-state index contributed by atoms with van der Waals surface area (Å²) < 4.78 is 4.57. The Kier molecular flexibility index (Phi) is 5.08. The Morgan fingerprint density at radius 3 is 2.11 bits per heavy atom. The molecule has 18 heavy (non-hydrogen) atoms. The van der Waals surface area contributed by atoms with Gasteiger partial charge in [-0.1, -0.05) is 45.0 Å². The fraction of sp³-hybridized carbons (Fsp3) is 0.467. The highest BCUT2D eigenvalue weighted by molar-refractivity contribution is 5.99. The molecule has 0 bridgehead atoms. The lowest BCUT2D eigenvalue weighted by Crippen LogP contribution is -2.16. The first kappa shape index (κ1) is 14.4. The first-order chi connectivity index (χ1) is 8.45. The van der Waals surface area contributed by atoms with Gasteiger partial charge in [0, 0.05) is 11.5 Å². The summed E-state index contributed by atoms with van der Waals surface area (Å²) in [4.78, 5) is 23.2. The minimum Gasteiger partial charge on any atom is -0.469 e. The van der Waals surface area contributed by atoms with Gasteiger partial charge in [0.1, 0.15) is 0 Å². The molecule has 1 unspecified atom stereocenters. The molecule has 0 aliphatic heterocycles. The van der Waals surface area contributed by atoms with Gasteiger partial charge in [-0.15, -0.1) is 0 Å². The Labute approximate surface area is 108 Å². The number of carbonyl (C=O) groups is 2. The third-order valence-corrected chi connectivity index (χ3v) is 3.01. The van der Waals surface area contributed by atoms with Crippen LogP contribution in [0, 0.1) is 5.92 Å². The quantitative estimate of drug-likeness (QED) is 0.593. The van der Waals surface area contributed by atoms with Crippen LogP contribution in [-0.4, -0.2) is 18.9 Å². The fourth-order valence-electron chi connectivity index (χ4n) is 1.74. The molecule has 3 heteroatoms. The van der Waals surface area contributed by atoms with Gasteiger partial charge in [-0.25, -0.2) is 0 Å². The Morgan fingerprint density at radius 1 is 1.11 bits per heavy atom. The van der Waals surface area contributed by atoms with Crippen LogP contribution < -0.4 is 0 Å². The topological polar surface area (TPSA) is 43.4 Å². The second-order valence-corrected chi connectivity index (χ2v) is 4.82. The highest BCUT2D eigenvalue weighted by atomic mass is 16.5. The first-order valence-electron chi connectivity index (χ1n) is 6.16. The van der Waals surface area contributed by atoms with E-state index >= 15 is 0 Å². The molecule has 0 aliphatic carbocycles. The lowest BCUT2D eigenvalue weighted by molar-refractivity contribution is -0.141. The molecule has 0 saturated heterocycles. The zero-order valence-electron chi connectivity index (χ0n) is 11.4. The number of hydrogen-bond acceptors (Lipinski definition) is 3. The number of Topliss-reactive ketones (excluding diaryl/α,β-unsaturated/α-hetero) is 1. The Bertz CT molecular complexity index is 418. The van der Waals surface area contributed by atoms with Crippen LogP contribution >= 0.6 is 0 Å². The molecule has 1 aromatic carbocycles. The highest BCUT2D eigenvalue weighted by Gasteiger charge is 2.18. The summed E-state index contributed by atoms with van der Waals surface area (Å²) >= 11 is 0. The molecule has 1 aromatic rings. The predicted molar refractivity (Wildman–Crippen MR) is 70.7 cm³/mol. The Morgan fingerprint density at radius 2 is 1.67 bits per heavy atom. The van der Waals surface area contributed by atoms with E-state index in [1.807, 2.05) is 24.3 Å². The third-order valence-electron chi connectivity index (χ3n) is 3.01. The molecule has 0 N–H and O–H groups in total. The van der Waals surface area contributed by atoms with E-state index in [0.717, 1.165) is 0 Å². The van der Waals surface area contributed by atoms with E-state index in [-0.39, 0.29) is 24.1 Å². The molecule has 0 aromatic heterocycles. The van der Waals surface area contributed by atoms with Crippen molar-refractivity contribution in [2.24, 2.45) is 5.92 Å². The number of rotatable bonds is 5. The van der Waals surface area contributed by atoms with E-state index in [2.05, 4.69) is 18.6 Å². The second kappa shape index (κ2) is 6.34. The van der Waals surface area contributed by atoms with Gasteiger partial charge in [-0.2, -0.15) is 0 Å². The maximum Gasteiger partial charge on any atom is 0.306 e. The van der Waals surface area contributed by atoms with E-state index in [1.54, 1.807) is 6.92 Å². The number of carbonyl (C=O) groups excluding carboxylic acids is 2. The van der Waals surface area contributed by atoms with Gasteiger partial charge in [0.2, 0.25) is 0 Å². The summed E-state index contributed by atoms with van der Waals surface area (Å²) in [5, 5.41) is 0. The molecular formula is C15H20O3. The maximum absolute atomic E-state index is 12.1. The van der Waals surface area contributed by atoms with Gasteiger partial charge in [0.25, 0.3) is 0 Å². The predicted octanol–water partition coefficient (Wildman–Crippen LogP) is 3.19. The molecule has 98 valence electrons. The zero-order chi connectivity index (χ0) is 13.7. The average molecular weight is 248 g/mol. The molecule has 1 atom stereocenters. The van der Waals surface area contributed by atoms with Gasteiger partial charge in [-0.3, -0.25) is 9.59 Å². The van der Waals surface area contributed by atoms with Gasteiger partial charge in [-0.05, 0) is 11.5 Å². The third kappa shape index (κ3) is 3.69. The normalized spacial score (nSPS) is 12.3. The Hall–Kier alpha value is -1.64. The van der Waals surface area contributed by atoms with Crippen LogP contribution in [0.5, 0.6) is 0 Å². The summed E-state index contributed by atoms with van der Waals surface area (Å²) in [7, 11) is 1.33. The van der Waals surface area contributed by atoms with Crippen LogP contribution in [0.4, 0.5) is 0 Å². The van der Waals surface area contributed by atoms with E-state index in [4.69, 9.17) is 0 Å². The number of methoxy groups -OCH3 is 1. The zero-order valence-corrected chi connectivity index (χ0v) is 11.4. The largest absolute Gasteiger partial charge is 0.469 e. The molecular weight excluding hydrogens is 228 g/mol. The van der Waals surface area contributed by atoms with Crippen molar-refractivity contribution in [3.63, 3.8) is 0 Å². The van der Waals surface area contributed by atoms with Crippen LogP contribution in [0.1, 0.15) is 49.0 Å². The van der Waals surface area contributed by atoms with Crippen molar-refractivity contribution in [3.8, 4) is 0 Å². The standard InChI is InChI=1S/C15H20O3/c1-10(2)12-5-7-13(8-6-12)15(17)11(3)9-14(16)18-4/h5-8,10-11H,9H2,1-4H3. The molecule has 0 spiro atoms. The van der Waals surface area contributed by atoms with Gasteiger partial charge in [0.05, 0.1) is 13.5 Å².